The largest absolute Gasteiger partial charge is 0.468 e. The van der Waals surface area contributed by atoms with Crippen molar-refractivity contribution in [3.8, 4) is 11.1 Å². The van der Waals surface area contributed by atoms with Gasteiger partial charge >= 0.3 is 5.97 Å². The van der Waals surface area contributed by atoms with Gasteiger partial charge in [-0.2, -0.15) is 4.31 Å². The van der Waals surface area contributed by atoms with Gasteiger partial charge in [-0.25, -0.2) is 8.42 Å². The molecule has 1 heterocycles. The zero-order valence-corrected chi connectivity index (χ0v) is 17.4. The minimum absolute atomic E-state index is 0.00719. The summed E-state index contributed by atoms with van der Waals surface area (Å²) >= 11 is 0. The molecular weight excluding hydrogens is 390 g/mol. The fourth-order valence-corrected chi connectivity index (χ4v) is 4.76. The van der Waals surface area contributed by atoms with Gasteiger partial charge in [-0.05, 0) is 52.8 Å². The molecule has 0 saturated heterocycles. The molecule has 0 atom stereocenters. The molecule has 2 aromatic carbocycles. The second kappa shape index (κ2) is 8.90. The highest BCUT2D eigenvalue weighted by molar-refractivity contribution is 7.89. The van der Waals surface area contributed by atoms with Gasteiger partial charge in [0.05, 0.1) is 13.7 Å². The number of methoxy groups -OCH3 is 1. The van der Waals surface area contributed by atoms with Crippen molar-refractivity contribution in [1.29, 1.82) is 0 Å². The molecule has 0 amide bonds. The van der Waals surface area contributed by atoms with Gasteiger partial charge in [0.25, 0.3) is 0 Å². The average molecular weight is 416 g/mol. The molecule has 2 aromatic rings. The number of aliphatic hydroxyl groups excluding tert-OH is 1. The maximum atomic E-state index is 12.3. The van der Waals surface area contributed by atoms with Crippen LogP contribution in [0.5, 0.6) is 0 Å². The van der Waals surface area contributed by atoms with Gasteiger partial charge in [0.15, 0.2) is 5.75 Å². The first-order valence-corrected chi connectivity index (χ1v) is 11.0. The summed E-state index contributed by atoms with van der Waals surface area (Å²) in [5, 5.41) is 9.35. The number of carbonyl (C=O) groups is 1. The predicted molar refractivity (Wildman–Crippen MR) is 113 cm³/mol. The number of esters is 1. The van der Waals surface area contributed by atoms with E-state index in [1.165, 1.54) is 11.4 Å². The van der Waals surface area contributed by atoms with Crippen LogP contribution in [0.15, 0.2) is 48.5 Å². The normalized spacial score (nSPS) is 15.1. The SMILES string of the molecule is COC(=O)CS(=O)(=O)N1CC=C(c2ccc(-c3cccc(CO)c3)c(C)c2)CC1. The summed E-state index contributed by atoms with van der Waals surface area (Å²) < 4.78 is 30.4. The van der Waals surface area contributed by atoms with Crippen LogP contribution in [-0.4, -0.2) is 49.8 Å². The third-order valence-corrected chi connectivity index (χ3v) is 6.83. The molecule has 29 heavy (non-hydrogen) atoms. The van der Waals surface area contributed by atoms with E-state index in [0.29, 0.717) is 13.0 Å². The van der Waals surface area contributed by atoms with Gasteiger partial charge in [0.1, 0.15) is 0 Å². The highest BCUT2D eigenvalue weighted by Gasteiger charge is 2.27. The second-order valence-electron chi connectivity index (χ2n) is 7.06. The topological polar surface area (TPSA) is 83.9 Å². The quantitative estimate of drug-likeness (QED) is 0.734. The molecule has 0 fully saturated rings. The molecule has 1 N–H and O–H groups in total. The van der Waals surface area contributed by atoms with E-state index in [4.69, 9.17) is 0 Å². The number of hydrogen-bond donors (Lipinski definition) is 1. The minimum atomic E-state index is -3.66. The van der Waals surface area contributed by atoms with E-state index in [1.54, 1.807) is 0 Å². The fourth-order valence-electron chi connectivity index (χ4n) is 3.49. The Kier molecular flexibility index (Phi) is 6.52. The second-order valence-corrected chi connectivity index (χ2v) is 9.03. The maximum absolute atomic E-state index is 12.3. The predicted octanol–water partition coefficient (Wildman–Crippen LogP) is 2.75. The summed E-state index contributed by atoms with van der Waals surface area (Å²) in [6.07, 6.45) is 2.48. The van der Waals surface area contributed by atoms with Crippen LogP contribution in [0.4, 0.5) is 0 Å². The van der Waals surface area contributed by atoms with E-state index in [1.807, 2.05) is 43.3 Å². The number of aryl methyl sites for hydroxylation is 1. The molecular formula is C22H25NO5S. The molecule has 0 aliphatic carbocycles. The third-order valence-electron chi connectivity index (χ3n) is 5.11. The van der Waals surface area contributed by atoms with Gasteiger partial charge in [-0.1, -0.05) is 42.5 Å². The van der Waals surface area contributed by atoms with Crippen LogP contribution in [0, 0.1) is 6.92 Å². The minimum Gasteiger partial charge on any atom is -0.468 e. The van der Waals surface area contributed by atoms with E-state index in [0.717, 1.165) is 33.4 Å². The Morgan fingerprint density at radius 3 is 2.59 bits per heavy atom. The Hall–Kier alpha value is -2.48. The van der Waals surface area contributed by atoms with Gasteiger partial charge in [0, 0.05) is 13.1 Å². The van der Waals surface area contributed by atoms with Gasteiger partial charge in [0.2, 0.25) is 10.0 Å². The van der Waals surface area contributed by atoms with Crippen LogP contribution in [0.3, 0.4) is 0 Å². The van der Waals surface area contributed by atoms with Crippen molar-refractivity contribution in [3.63, 3.8) is 0 Å². The number of rotatable bonds is 6. The smallest absolute Gasteiger partial charge is 0.322 e. The van der Waals surface area contributed by atoms with E-state index >= 15 is 0 Å². The number of sulfonamides is 1. The Balaban J connectivity index is 1.78. The maximum Gasteiger partial charge on any atom is 0.322 e. The van der Waals surface area contributed by atoms with Crippen molar-refractivity contribution in [2.24, 2.45) is 0 Å². The first kappa shape index (κ1) is 21.2. The monoisotopic (exact) mass is 415 g/mol. The van der Waals surface area contributed by atoms with E-state index < -0.39 is 21.7 Å². The Morgan fingerprint density at radius 1 is 1.17 bits per heavy atom. The standard InChI is InChI=1S/C22H25NO5S/c1-16-12-19(6-7-21(16)20-5-3-4-17(13-20)14-24)18-8-10-23(11-9-18)29(26,27)15-22(25)28-2/h3-8,12-13,24H,9-11,14-15H2,1-2H3. The van der Waals surface area contributed by atoms with Crippen molar-refractivity contribution in [3.05, 3.63) is 65.2 Å². The Bertz CT molecular complexity index is 1040. The summed E-state index contributed by atoms with van der Waals surface area (Å²) in [5.41, 5.74) is 6.29. The van der Waals surface area contributed by atoms with Crippen LogP contribution in [0.1, 0.15) is 23.1 Å². The Labute approximate surface area is 171 Å². The van der Waals surface area contributed by atoms with Crippen molar-refractivity contribution in [2.45, 2.75) is 20.0 Å². The van der Waals surface area contributed by atoms with Gasteiger partial charge < -0.3 is 9.84 Å². The lowest BCUT2D eigenvalue weighted by molar-refractivity contribution is -0.137. The van der Waals surface area contributed by atoms with Crippen molar-refractivity contribution in [1.82, 2.24) is 4.31 Å². The van der Waals surface area contributed by atoms with Crippen LogP contribution < -0.4 is 0 Å². The van der Waals surface area contributed by atoms with Crippen molar-refractivity contribution < 1.29 is 23.1 Å². The number of carbonyl (C=O) groups excluding carboxylic acids is 1. The number of ether oxygens (including phenoxy) is 1. The highest BCUT2D eigenvalue weighted by atomic mass is 32.2. The molecule has 0 aromatic heterocycles. The van der Waals surface area contributed by atoms with E-state index in [2.05, 4.69) is 16.9 Å². The van der Waals surface area contributed by atoms with Crippen molar-refractivity contribution >= 4 is 21.6 Å². The Morgan fingerprint density at radius 2 is 1.97 bits per heavy atom. The van der Waals surface area contributed by atoms with Gasteiger partial charge in [-0.3, -0.25) is 4.79 Å². The lowest BCUT2D eigenvalue weighted by Crippen LogP contribution is -2.38. The molecule has 1 aliphatic rings. The molecule has 0 radical (unpaired) electrons. The molecule has 3 rings (SSSR count). The van der Waals surface area contributed by atoms with E-state index in [-0.39, 0.29) is 13.2 Å². The zero-order valence-electron chi connectivity index (χ0n) is 16.6. The average Bonchev–Trinajstić information content (AvgIpc) is 2.73. The number of nitrogens with zero attached hydrogens (tertiary/aromatic N) is 1. The van der Waals surface area contributed by atoms with Crippen LogP contribution in [-0.2, 0) is 26.2 Å². The summed E-state index contributed by atoms with van der Waals surface area (Å²) in [6.45, 7) is 2.63. The molecule has 154 valence electrons. The summed E-state index contributed by atoms with van der Waals surface area (Å²) in [4.78, 5) is 11.3. The molecule has 0 spiro atoms. The van der Waals surface area contributed by atoms with E-state index in [9.17, 15) is 18.3 Å². The first-order valence-electron chi connectivity index (χ1n) is 9.39. The zero-order chi connectivity index (χ0) is 21.0. The fraction of sp³-hybridized carbons (Fsp3) is 0.318. The number of aliphatic hydroxyl groups is 1. The lowest BCUT2D eigenvalue weighted by atomic mass is 9.93. The van der Waals surface area contributed by atoms with Crippen LogP contribution >= 0.6 is 0 Å². The summed E-state index contributed by atoms with van der Waals surface area (Å²) in [6, 6.07) is 14.0. The van der Waals surface area contributed by atoms with Crippen LogP contribution in [0.2, 0.25) is 0 Å². The molecule has 0 saturated carbocycles. The highest BCUT2D eigenvalue weighted by Crippen LogP contribution is 2.30. The van der Waals surface area contributed by atoms with Crippen LogP contribution in [0.25, 0.3) is 16.7 Å². The third kappa shape index (κ3) is 4.93. The first-order chi connectivity index (χ1) is 13.8. The lowest BCUT2D eigenvalue weighted by Gasteiger charge is -2.25. The molecule has 6 nitrogen and oxygen atoms in total. The van der Waals surface area contributed by atoms with Crippen molar-refractivity contribution in [2.75, 3.05) is 26.0 Å². The summed E-state index contributed by atoms with van der Waals surface area (Å²) in [7, 11) is -2.49. The summed E-state index contributed by atoms with van der Waals surface area (Å²) in [5.74, 6) is -1.39. The molecule has 0 bridgehead atoms. The van der Waals surface area contributed by atoms with Gasteiger partial charge in [-0.15, -0.1) is 0 Å². The molecule has 0 unspecified atom stereocenters. The number of hydrogen-bond acceptors (Lipinski definition) is 5. The molecule has 7 heteroatoms. The molecule has 1 aliphatic heterocycles. The number of benzene rings is 2.